The Morgan fingerprint density at radius 1 is 1.32 bits per heavy atom. The summed E-state index contributed by atoms with van der Waals surface area (Å²) >= 11 is 0. The SMILES string of the molecule is CC(=O)OC[C@H]1O[C@@H](c2cn(C)c(=O)n(C)c2=O)[C@@H](O)C1O. The molecule has 2 N–H and O–H groups in total. The first-order valence-corrected chi connectivity index (χ1v) is 6.65. The van der Waals surface area contributed by atoms with Crippen molar-refractivity contribution >= 4 is 5.97 Å². The molecule has 1 aromatic rings. The Labute approximate surface area is 125 Å². The van der Waals surface area contributed by atoms with Crippen LogP contribution in [0.1, 0.15) is 18.6 Å². The zero-order valence-corrected chi connectivity index (χ0v) is 12.4. The molecule has 122 valence electrons. The van der Waals surface area contributed by atoms with Crippen molar-refractivity contribution in [3.8, 4) is 0 Å². The van der Waals surface area contributed by atoms with E-state index in [9.17, 15) is 24.6 Å². The largest absolute Gasteiger partial charge is 0.463 e. The van der Waals surface area contributed by atoms with Gasteiger partial charge in [0.15, 0.2) is 0 Å². The van der Waals surface area contributed by atoms with Crippen molar-refractivity contribution in [1.29, 1.82) is 0 Å². The van der Waals surface area contributed by atoms with Crippen LogP contribution in [0.25, 0.3) is 0 Å². The van der Waals surface area contributed by atoms with E-state index in [-0.39, 0.29) is 12.2 Å². The zero-order valence-electron chi connectivity index (χ0n) is 12.4. The van der Waals surface area contributed by atoms with E-state index >= 15 is 0 Å². The van der Waals surface area contributed by atoms with E-state index in [1.807, 2.05) is 0 Å². The van der Waals surface area contributed by atoms with Crippen LogP contribution in [0.5, 0.6) is 0 Å². The molecule has 1 aliphatic rings. The Bertz CT molecular complexity index is 693. The molecular weight excluding hydrogens is 296 g/mol. The van der Waals surface area contributed by atoms with Crippen LogP contribution in [0.2, 0.25) is 0 Å². The summed E-state index contributed by atoms with van der Waals surface area (Å²) in [6, 6.07) is 0. The van der Waals surface area contributed by atoms with E-state index in [0.717, 1.165) is 4.57 Å². The summed E-state index contributed by atoms with van der Waals surface area (Å²) in [4.78, 5) is 34.6. The summed E-state index contributed by atoms with van der Waals surface area (Å²) in [7, 11) is 2.77. The molecule has 0 spiro atoms. The number of aryl methyl sites for hydroxylation is 1. The van der Waals surface area contributed by atoms with Gasteiger partial charge in [-0.05, 0) is 0 Å². The Hall–Kier alpha value is -1.97. The summed E-state index contributed by atoms with van der Waals surface area (Å²) in [5.74, 6) is -0.549. The number of rotatable bonds is 3. The van der Waals surface area contributed by atoms with Crippen molar-refractivity contribution in [2.45, 2.75) is 31.3 Å². The maximum absolute atomic E-state index is 12.1. The van der Waals surface area contributed by atoms with Gasteiger partial charge in [-0.15, -0.1) is 0 Å². The number of nitrogens with zero attached hydrogens (tertiary/aromatic N) is 2. The standard InChI is InChI=1S/C13H18N2O7/c1-6(16)21-5-8-9(17)10(18)11(22-8)7-4-14(2)13(20)15(3)12(7)19/h4,8-11,17-18H,5H2,1-3H3/t8-,9?,10+,11+/m1/s1. The molecule has 1 saturated heterocycles. The number of carbonyl (C=O) groups is 1. The average molecular weight is 314 g/mol. The van der Waals surface area contributed by atoms with Crippen LogP contribution in [0, 0.1) is 0 Å². The van der Waals surface area contributed by atoms with E-state index in [4.69, 9.17) is 9.47 Å². The Morgan fingerprint density at radius 3 is 2.55 bits per heavy atom. The van der Waals surface area contributed by atoms with Gasteiger partial charge in [0, 0.05) is 27.2 Å². The van der Waals surface area contributed by atoms with Crippen molar-refractivity contribution in [3.63, 3.8) is 0 Å². The number of aliphatic hydroxyl groups is 2. The smallest absolute Gasteiger partial charge is 0.330 e. The first kappa shape index (κ1) is 16.4. The fourth-order valence-corrected chi connectivity index (χ4v) is 2.37. The Morgan fingerprint density at radius 2 is 1.95 bits per heavy atom. The topological polar surface area (TPSA) is 120 Å². The van der Waals surface area contributed by atoms with E-state index < -0.39 is 41.6 Å². The first-order chi connectivity index (χ1) is 10.2. The summed E-state index contributed by atoms with van der Waals surface area (Å²) in [6.45, 7) is 0.966. The van der Waals surface area contributed by atoms with Crippen LogP contribution in [0.15, 0.2) is 15.8 Å². The second kappa shape index (κ2) is 6.03. The molecule has 1 fully saturated rings. The third kappa shape index (κ3) is 2.82. The summed E-state index contributed by atoms with van der Waals surface area (Å²) in [5, 5.41) is 20.0. The molecule has 9 nitrogen and oxygen atoms in total. The fourth-order valence-electron chi connectivity index (χ4n) is 2.37. The minimum absolute atomic E-state index is 0.0430. The van der Waals surface area contributed by atoms with Gasteiger partial charge in [0.25, 0.3) is 5.56 Å². The van der Waals surface area contributed by atoms with Crippen molar-refractivity contribution in [2.24, 2.45) is 14.1 Å². The van der Waals surface area contributed by atoms with Gasteiger partial charge in [-0.1, -0.05) is 0 Å². The lowest BCUT2D eigenvalue weighted by Gasteiger charge is -2.16. The van der Waals surface area contributed by atoms with Crippen LogP contribution in [0.3, 0.4) is 0 Å². The van der Waals surface area contributed by atoms with Gasteiger partial charge < -0.3 is 24.3 Å². The van der Waals surface area contributed by atoms with E-state index in [0.29, 0.717) is 0 Å². The molecular formula is C13H18N2O7. The second-order valence-electron chi connectivity index (χ2n) is 5.22. The second-order valence-corrected chi connectivity index (χ2v) is 5.22. The van der Waals surface area contributed by atoms with Crippen molar-refractivity contribution in [3.05, 3.63) is 32.6 Å². The van der Waals surface area contributed by atoms with Crippen LogP contribution in [0.4, 0.5) is 0 Å². The Balaban J connectivity index is 2.32. The van der Waals surface area contributed by atoms with Crippen LogP contribution in [-0.2, 0) is 28.4 Å². The zero-order chi connectivity index (χ0) is 16.6. The molecule has 0 amide bonds. The van der Waals surface area contributed by atoms with Crippen molar-refractivity contribution < 1.29 is 24.5 Å². The molecule has 0 bridgehead atoms. The lowest BCUT2D eigenvalue weighted by molar-refractivity contribution is -0.146. The molecule has 2 rings (SSSR count). The van der Waals surface area contributed by atoms with Gasteiger partial charge in [0.2, 0.25) is 0 Å². The van der Waals surface area contributed by atoms with Gasteiger partial charge in [-0.3, -0.25) is 14.2 Å². The van der Waals surface area contributed by atoms with Gasteiger partial charge >= 0.3 is 11.7 Å². The molecule has 2 heterocycles. The summed E-state index contributed by atoms with van der Waals surface area (Å²) < 4.78 is 12.3. The fraction of sp³-hybridized carbons (Fsp3) is 0.615. The maximum atomic E-state index is 12.1. The molecule has 0 saturated carbocycles. The maximum Gasteiger partial charge on any atom is 0.330 e. The molecule has 0 aromatic carbocycles. The molecule has 0 aliphatic carbocycles. The predicted molar refractivity (Wildman–Crippen MR) is 73.2 cm³/mol. The number of carbonyl (C=O) groups excluding carboxylic acids is 1. The molecule has 1 unspecified atom stereocenters. The number of aliphatic hydroxyl groups excluding tert-OH is 2. The molecule has 9 heteroatoms. The highest BCUT2D eigenvalue weighted by Crippen LogP contribution is 2.31. The number of hydrogen-bond donors (Lipinski definition) is 2. The molecule has 1 aliphatic heterocycles. The third-order valence-corrected chi connectivity index (χ3v) is 3.59. The van der Waals surface area contributed by atoms with Crippen LogP contribution >= 0.6 is 0 Å². The van der Waals surface area contributed by atoms with Gasteiger partial charge in [0.05, 0.1) is 5.56 Å². The normalized spacial score (nSPS) is 27.9. The van der Waals surface area contributed by atoms with Crippen LogP contribution in [-0.4, -0.2) is 50.2 Å². The lowest BCUT2D eigenvalue weighted by Crippen LogP contribution is -2.40. The quantitative estimate of drug-likeness (QED) is 0.608. The highest BCUT2D eigenvalue weighted by molar-refractivity contribution is 5.65. The van der Waals surface area contributed by atoms with E-state index in [1.165, 1.54) is 31.8 Å². The predicted octanol–water partition coefficient (Wildman–Crippen LogP) is -2.19. The lowest BCUT2D eigenvalue weighted by atomic mass is 10.0. The van der Waals surface area contributed by atoms with Gasteiger partial charge in [0.1, 0.15) is 31.0 Å². The molecule has 22 heavy (non-hydrogen) atoms. The first-order valence-electron chi connectivity index (χ1n) is 6.65. The minimum Gasteiger partial charge on any atom is -0.463 e. The summed E-state index contributed by atoms with van der Waals surface area (Å²) in [6.07, 6.45) is -3.48. The number of aromatic nitrogens is 2. The van der Waals surface area contributed by atoms with E-state index in [2.05, 4.69) is 0 Å². The van der Waals surface area contributed by atoms with Gasteiger partial charge in [-0.25, -0.2) is 4.79 Å². The highest BCUT2D eigenvalue weighted by atomic mass is 16.6. The molecule has 4 atom stereocenters. The van der Waals surface area contributed by atoms with Crippen molar-refractivity contribution in [2.75, 3.05) is 6.61 Å². The summed E-state index contributed by atoms with van der Waals surface area (Å²) in [5.41, 5.74) is -1.09. The number of esters is 1. The van der Waals surface area contributed by atoms with Crippen molar-refractivity contribution in [1.82, 2.24) is 9.13 Å². The van der Waals surface area contributed by atoms with Crippen LogP contribution < -0.4 is 11.2 Å². The van der Waals surface area contributed by atoms with Gasteiger partial charge in [-0.2, -0.15) is 0 Å². The number of hydrogen-bond acceptors (Lipinski definition) is 7. The molecule has 1 aromatic heterocycles. The minimum atomic E-state index is -1.37. The molecule has 0 radical (unpaired) electrons. The number of ether oxygens (including phenoxy) is 2. The van der Waals surface area contributed by atoms with E-state index in [1.54, 1.807) is 0 Å². The average Bonchev–Trinajstić information content (AvgIpc) is 2.74. The highest BCUT2D eigenvalue weighted by Gasteiger charge is 2.45. The Kier molecular flexibility index (Phi) is 4.50. The third-order valence-electron chi connectivity index (χ3n) is 3.59. The monoisotopic (exact) mass is 314 g/mol.